The SMILES string of the molecule is CC(=O)C1=C(P(c2ccccc2)c2ccccc2)CCC=C1. The Morgan fingerprint density at radius 1 is 0.909 bits per heavy atom. The Labute approximate surface area is 133 Å². The molecule has 0 aromatic heterocycles. The van der Waals surface area contributed by atoms with E-state index < -0.39 is 7.92 Å². The molecule has 0 saturated carbocycles. The topological polar surface area (TPSA) is 17.1 Å². The van der Waals surface area contributed by atoms with Crippen LogP contribution in [0.25, 0.3) is 0 Å². The van der Waals surface area contributed by atoms with Crippen LogP contribution in [0.1, 0.15) is 19.8 Å². The molecule has 1 aliphatic carbocycles. The van der Waals surface area contributed by atoms with Crippen molar-refractivity contribution in [2.75, 3.05) is 0 Å². The standard InChI is InChI=1S/C20H19OP/c1-16(21)19-14-8-9-15-20(19)22(17-10-4-2-5-11-17)18-12-6-3-7-13-18/h2-8,10-14H,9,15H2,1H3. The summed E-state index contributed by atoms with van der Waals surface area (Å²) < 4.78 is 0. The molecule has 0 radical (unpaired) electrons. The van der Waals surface area contributed by atoms with Gasteiger partial charge in [-0.15, -0.1) is 0 Å². The third-order valence-electron chi connectivity index (χ3n) is 3.82. The Balaban J connectivity index is 2.18. The molecule has 2 heteroatoms. The van der Waals surface area contributed by atoms with Crippen molar-refractivity contribution in [2.24, 2.45) is 0 Å². The summed E-state index contributed by atoms with van der Waals surface area (Å²) in [6, 6.07) is 21.2. The number of carbonyl (C=O) groups excluding carboxylic acids is 1. The summed E-state index contributed by atoms with van der Waals surface area (Å²) in [6.45, 7) is 1.68. The van der Waals surface area contributed by atoms with Crippen LogP contribution in [0.15, 0.2) is 83.7 Å². The molecule has 0 aliphatic heterocycles. The molecule has 0 unspecified atom stereocenters. The van der Waals surface area contributed by atoms with Crippen LogP contribution in [0.5, 0.6) is 0 Å². The van der Waals surface area contributed by atoms with E-state index in [2.05, 4.69) is 54.6 Å². The van der Waals surface area contributed by atoms with Gasteiger partial charge in [0.2, 0.25) is 0 Å². The highest BCUT2D eigenvalue weighted by molar-refractivity contribution is 7.76. The third-order valence-corrected chi connectivity index (χ3v) is 6.45. The predicted octanol–water partition coefficient (Wildman–Crippen LogP) is 4.31. The molecule has 1 nitrogen and oxygen atoms in total. The van der Waals surface area contributed by atoms with Crippen molar-refractivity contribution >= 4 is 24.3 Å². The average Bonchev–Trinajstić information content (AvgIpc) is 2.57. The van der Waals surface area contributed by atoms with Gasteiger partial charge in [0.1, 0.15) is 0 Å². The monoisotopic (exact) mass is 306 g/mol. The molecule has 110 valence electrons. The van der Waals surface area contributed by atoms with Gasteiger partial charge in [-0.05, 0) is 43.6 Å². The molecule has 0 amide bonds. The van der Waals surface area contributed by atoms with Crippen molar-refractivity contribution in [3.63, 3.8) is 0 Å². The minimum atomic E-state index is -0.633. The quantitative estimate of drug-likeness (QED) is 0.769. The van der Waals surface area contributed by atoms with Crippen LogP contribution >= 0.6 is 7.92 Å². The second-order valence-electron chi connectivity index (χ2n) is 5.36. The van der Waals surface area contributed by atoms with Crippen molar-refractivity contribution in [3.8, 4) is 0 Å². The molecular formula is C20H19OP. The number of rotatable bonds is 4. The van der Waals surface area contributed by atoms with E-state index in [1.807, 2.05) is 18.2 Å². The molecule has 0 bridgehead atoms. The van der Waals surface area contributed by atoms with E-state index in [-0.39, 0.29) is 5.78 Å². The summed E-state index contributed by atoms with van der Waals surface area (Å²) in [5, 5.41) is 3.93. The zero-order chi connectivity index (χ0) is 15.4. The lowest BCUT2D eigenvalue weighted by Crippen LogP contribution is -2.16. The highest BCUT2D eigenvalue weighted by atomic mass is 31.1. The molecule has 22 heavy (non-hydrogen) atoms. The van der Waals surface area contributed by atoms with Gasteiger partial charge in [0.05, 0.1) is 0 Å². The van der Waals surface area contributed by atoms with E-state index in [0.717, 1.165) is 18.4 Å². The lowest BCUT2D eigenvalue weighted by Gasteiger charge is -2.25. The molecule has 0 heterocycles. The second kappa shape index (κ2) is 6.85. The summed E-state index contributed by atoms with van der Waals surface area (Å²) in [5.74, 6) is 0.172. The van der Waals surface area contributed by atoms with Gasteiger partial charge in [-0.1, -0.05) is 72.8 Å². The van der Waals surface area contributed by atoms with Crippen LogP contribution in [-0.2, 0) is 4.79 Å². The molecule has 0 atom stereocenters. The maximum atomic E-state index is 12.1. The average molecular weight is 306 g/mol. The Morgan fingerprint density at radius 2 is 1.45 bits per heavy atom. The fraction of sp³-hybridized carbons (Fsp3) is 0.150. The fourth-order valence-corrected chi connectivity index (χ4v) is 5.51. The van der Waals surface area contributed by atoms with E-state index in [1.165, 1.54) is 15.9 Å². The van der Waals surface area contributed by atoms with Gasteiger partial charge in [-0.3, -0.25) is 4.79 Å². The number of carbonyl (C=O) groups is 1. The second-order valence-corrected chi connectivity index (χ2v) is 7.61. The first kappa shape index (κ1) is 14.9. The van der Waals surface area contributed by atoms with Crippen LogP contribution in [0.2, 0.25) is 0 Å². The van der Waals surface area contributed by atoms with Gasteiger partial charge in [0.25, 0.3) is 0 Å². The molecule has 2 aromatic carbocycles. The van der Waals surface area contributed by atoms with E-state index in [1.54, 1.807) is 6.92 Å². The maximum Gasteiger partial charge on any atom is 0.160 e. The van der Waals surface area contributed by atoms with Gasteiger partial charge in [-0.2, -0.15) is 0 Å². The maximum absolute atomic E-state index is 12.1. The van der Waals surface area contributed by atoms with Crippen molar-refractivity contribution in [1.29, 1.82) is 0 Å². The van der Waals surface area contributed by atoms with Gasteiger partial charge >= 0.3 is 0 Å². The largest absolute Gasteiger partial charge is 0.294 e. The van der Waals surface area contributed by atoms with E-state index in [9.17, 15) is 4.79 Å². The highest BCUT2D eigenvalue weighted by Crippen LogP contribution is 2.48. The summed E-state index contributed by atoms with van der Waals surface area (Å²) >= 11 is 0. The lowest BCUT2D eigenvalue weighted by molar-refractivity contribution is -0.113. The molecule has 0 fully saturated rings. The van der Waals surface area contributed by atoms with E-state index in [4.69, 9.17) is 0 Å². The minimum Gasteiger partial charge on any atom is -0.294 e. The number of ketones is 1. The zero-order valence-corrected chi connectivity index (χ0v) is 13.6. The number of hydrogen-bond donors (Lipinski definition) is 0. The summed E-state index contributed by atoms with van der Waals surface area (Å²) in [4.78, 5) is 12.1. The number of allylic oxidation sites excluding steroid dienone is 4. The number of benzene rings is 2. The molecule has 2 aromatic rings. The summed E-state index contributed by atoms with van der Waals surface area (Å²) in [5.41, 5.74) is 0.907. The number of Topliss-reactive ketones (excluding diaryl/α,β-unsaturated/α-hetero) is 1. The first-order valence-corrected chi connectivity index (χ1v) is 8.92. The zero-order valence-electron chi connectivity index (χ0n) is 12.7. The van der Waals surface area contributed by atoms with Crippen molar-refractivity contribution in [3.05, 3.63) is 83.7 Å². The Bertz CT molecular complexity index is 674. The minimum absolute atomic E-state index is 0.172. The first-order valence-electron chi connectivity index (χ1n) is 7.58. The van der Waals surface area contributed by atoms with E-state index >= 15 is 0 Å². The van der Waals surface area contributed by atoms with Crippen molar-refractivity contribution in [1.82, 2.24) is 0 Å². The van der Waals surface area contributed by atoms with Gasteiger partial charge in [0.15, 0.2) is 5.78 Å². The number of hydrogen-bond acceptors (Lipinski definition) is 1. The van der Waals surface area contributed by atoms with Gasteiger partial charge in [-0.25, -0.2) is 0 Å². The Morgan fingerprint density at radius 3 is 1.95 bits per heavy atom. The summed E-state index contributed by atoms with van der Waals surface area (Å²) in [6.07, 6.45) is 6.12. The highest BCUT2D eigenvalue weighted by Gasteiger charge is 2.23. The van der Waals surface area contributed by atoms with Crippen LogP contribution in [0, 0.1) is 0 Å². The fourth-order valence-electron chi connectivity index (χ4n) is 2.82. The third kappa shape index (κ3) is 3.10. The van der Waals surface area contributed by atoms with E-state index in [0.29, 0.717) is 0 Å². The molecule has 0 N–H and O–H groups in total. The smallest absolute Gasteiger partial charge is 0.160 e. The summed E-state index contributed by atoms with van der Waals surface area (Å²) in [7, 11) is -0.633. The molecule has 3 rings (SSSR count). The lowest BCUT2D eigenvalue weighted by atomic mass is 10.0. The molecule has 1 aliphatic rings. The van der Waals surface area contributed by atoms with Crippen molar-refractivity contribution in [2.45, 2.75) is 19.8 Å². The predicted molar refractivity (Wildman–Crippen MR) is 95.2 cm³/mol. The molecular weight excluding hydrogens is 287 g/mol. The van der Waals surface area contributed by atoms with Crippen LogP contribution in [-0.4, -0.2) is 5.78 Å². The molecule has 0 saturated heterocycles. The van der Waals surface area contributed by atoms with Gasteiger partial charge in [0, 0.05) is 5.57 Å². The van der Waals surface area contributed by atoms with Gasteiger partial charge < -0.3 is 0 Å². The normalized spacial score (nSPS) is 14.5. The molecule has 0 spiro atoms. The van der Waals surface area contributed by atoms with Crippen LogP contribution < -0.4 is 10.6 Å². The van der Waals surface area contributed by atoms with Crippen LogP contribution in [0.4, 0.5) is 0 Å². The van der Waals surface area contributed by atoms with Crippen molar-refractivity contribution < 1.29 is 4.79 Å². The Kier molecular flexibility index (Phi) is 4.65. The van der Waals surface area contributed by atoms with Crippen LogP contribution in [0.3, 0.4) is 0 Å². The Hall–Kier alpha value is -1.98. The first-order chi connectivity index (χ1) is 10.8.